The molecule has 1 N–H and O–H groups in total. The summed E-state index contributed by atoms with van der Waals surface area (Å²) in [5.41, 5.74) is 4.79. The number of carbonyl (C=O) groups excluding carboxylic acids is 1. The van der Waals surface area contributed by atoms with Crippen LogP contribution in [-0.4, -0.2) is 35.9 Å². The number of benzene rings is 1. The first-order valence-corrected chi connectivity index (χ1v) is 10.3. The fraction of sp³-hybridized carbons (Fsp3) is 0.545. The topological polar surface area (TPSA) is 65.4 Å². The van der Waals surface area contributed by atoms with Gasteiger partial charge in [0.25, 0.3) is 0 Å². The number of rotatable bonds is 9. The number of methoxy groups -OCH3 is 1. The fourth-order valence-corrected chi connectivity index (χ4v) is 3.77. The molecule has 0 radical (unpaired) electrons. The summed E-state index contributed by atoms with van der Waals surface area (Å²) in [6, 6.07) is 7.87. The van der Waals surface area contributed by atoms with Crippen molar-refractivity contribution in [1.82, 2.24) is 15.1 Å². The highest BCUT2D eigenvalue weighted by atomic mass is 16.5. The summed E-state index contributed by atoms with van der Waals surface area (Å²) in [6.45, 7) is 3.09. The highest BCUT2D eigenvalue weighted by Crippen LogP contribution is 2.32. The SMILES string of the molecule is COc1cccc(CCC(=O)NCCc2nn(CC3CC3)c3c2COCC3)c1. The first-order valence-electron chi connectivity index (χ1n) is 10.3. The number of hydrogen-bond donors (Lipinski definition) is 1. The van der Waals surface area contributed by atoms with E-state index in [4.69, 9.17) is 14.6 Å². The van der Waals surface area contributed by atoms with Gasteiger partial charge in [-0.3, -0.25) is 9.48 Å². The van der Waals surface area contributed by atoms with Crippen molar-refractivity contribution in [1.29, 1.82) is 0 Å². The molecule has 6 nitrogen and oxygen atoms in total. The van der Waals surface area contributed by atoms with Gasteiger partial charge in [-0.2, -0.15) is 5.10 Å². The third-order valence-electron chi connectivity index (χ3n) is 5.57. The summed E-state index contributed by atoms with van der Waals surface area (Å²) in [4.78, 5) is 12.2. The molecule has 150 valence electrons. The Morgan fingerprint density at radius 2 is 2.25 bits per heavy atom. The number of amides is 1. The molecule has 2 aliphatic rings. The van der Waals surface area contributed by atoms with E-state index in [0.717, 1.165) is 48.9 Å². The van der Waals surface area contributed by atoms with Crippen molar-refractivity contribution in [2.24, 2.45) is 5.92 Å². The van der Waals surface area contributed by atoms with E-state index in [-0.39, 0.29) is 5.91 Å². The van der Waals surface area contributed by atoms with Crippen LogP contribution in [0.4, 0.5) is 0 Å². The highest BCUT2D eigenvalue weighted by Gasteiger charge is 2.27. The Morgan fingerprint density at radius 1 is 1.36 bits per heavy atom. The highest BCUT2D eigenvalue weighted by molar-refractivity contribution is 5.76. The third-order valence-corrected chi connectivity index (χ3v) is 5.57. The second-order valence-corrected chi connectivity index (χ2v) is 7.75. The van der Waals surface area contributed by atoms with Crippen molar-refractivity contribution in [3.05, 3.63) is 46.8 Å². The zero-order valence-corrected chi connectivity index (χ0v) is 16.6. The van der Waals surface area contributed by atoms with E-state index in [2.05, 4.69) is 10.00 Å². The number of hydrogen-bond acceptors (Lipinski definition) is 4. The van der Waals surface area contributed by atoms with Crippen LogP contribution in [0.2, 0.25) is 0 Å². The standard InChI is InChI=1S/C22H29N3O3/c1-27-18-4-2-3-16(13-18)7-8-22(26)23-11-9-20-19-15-28-12-10-21(19)25(24-20)14-17-5-6-17/h2-4,13,17H,5-12,14-15H2,1H3,(H,23,26). The lowest BCUT2D eigenvalue weighted by Crippen LogP contribution is -2.26. The molecular formula is C22H29N3O3. The van der Waals surface area contributed by atoms with Gasteiger partial charge in [0.05, 0.1) is 26.0 Å². The molecule has 0 saturated heterocycles. The predicted octanol–water partition coefficient (Wildman–Crippen LogP) is 2.67. The Bertz CT molecular complexity index is 826. The lowest BCUT2D eigenvalue weighted by Gasteiger charge is -2.15. The van der Waals surface area contributed by atoms with Gasteiger partial charge in [0.15, 0.2) is 0 Å². The summed E-state index contributed by atoms with van der Waals surface area (Å²) < 4.78 is 13.1. The first-order chi connectivity index (χ1) is 13.7. The maximum Gasteiger partial charge on any atom is 0.220 e. The summed E-state index contributed by atoms with van der Waals surface area (Å²) >= 11 is 0. The largest absolute Gasteiger partial charge is 0.497 e. The minimum Gasteiger partial charge on any atom is -0.497 e. The molecule has 0 spiro atoms. The quantitative estimate of drug-likeness (QED) is 0.723. The fourth-order valence-electron chi connectivity index (χ4n) is 3.77. The molecule has 4 rings (SSSR count). The van der Waals surface area contributed by atoms with E-state index in [0.29, 0.717) is 26.0 Å². The van der Waals surface area contributed by atoms with Crippen molar-refractivity contribution < 1.29 is 14.3 Å². The van der Waals surface area contributed by atoms with Crippen LogP contribution in [0.15, 0.2) is 24.3 Å². The molecule has 2 heterocycles. The van der Waals surface area contributed by atoms with Crippen LogP contribution in [-0.2, 0) is 41.9 Å². The number of aryl methyl sites for hydroxylation is 1. The third kappa shape index (κ3) is 4.73. The van der Waals surface area contributed by atoms with Crippen LogP contribution < -0.4 is 10.1 Å². The smallest absolute Gasteiger partial charge is 0.220 e. The Labute approximate surface area is 166 Å². The average molecular weight is 383 g/mol. The van der Waals surface area contributed by atoms with Crippen molar-refractivity contribution in [2.75, 3.05) is 20.3 Å². The second kappa shape index (κ2) is 8.78. The molecule has 0 atom stereocenters. The molecule has 1 aromatic heterocycles. The minimum absolute atomic E-state index is 0.0744. The van der Waals surface area contributed by atoms with Crippen LogP contribution in [0.25, 0.3) is 0 Å². The zero-order chi connectivity index (χ0) is 19.3. The zero-order valence-electron chi connectivity index (χ0n) is 16.6. The molecule has 2 aromatic rings. The van der Waals surface area contributed by atoms with Gasteiger partial charge in [-0.1, -0.05) is 12.1 Å². The molecule has 28 heavy (non-hydrogen) atoms. The van der Waals surface area contributed by atoms with Gasteiger partial charge in [0, 0.05) is 43.6 Å². The number of aromatic nitrogens is 2. The van der Waals surface area contributed by atoms with Crippen LogP contribution >= 0.6 is 0 Å². The number of nitrogens with one attached hydrogen (secondary N) is 1. The average Bonchev–Trinajstić information content (AvgIpc) is 3.48. The van der Waals surface area contributed by atoms with E-state index < -0.39 is 0 Å². The Balaban J connectivity index is 1.27. The Morgan fingerprint density at radius 3 is 3.07 bits per heavy atom. The number of ether oxygens (including phenoxy) is 2. The summed E-state index contributed by atoms with van der Waals surface area (Å²) in [6.07, 6.45) is 5.54. The van der Waals surface area contributed by atoms with Crippen molar-refractivity contribution in [3.8, 4) is 5.75 Å². The van der Waals surface area contributed by atoms with Crippen LogP contribution in [0.5, 0.6) is 5.75 Å². The summed E-state index contributed by atoms with van der Waals surface area (Å²) in [5, 5.41) is 7.89. The molecule has 0 unspecified atom stereocenters. The molecule has 0 bridgehead atoms. The number of fused-ring (bicyclic) bond motifs is 1. The molecule has 1 aliphatic heterocycles. The van der Waals surface area contributed by atoms with Gasteiger partial charge >= 0.3 is 0 Å². The molecule has 1 fully saturated rings. The maximum atomic E-state index is 12.2. The van der Waals surface area contributed by atoms with E-state index >= 15 is 0 Å². The van der Waals surface area contributed by atoms with Gasteiger partial charge in [-0.25, -0.2) is 0 Å². The first kappa shape index (κ1) is 19.0. The van der Waals surface area contributed by atoms with Crippen molar-refractivity contribution in [3.63, 3.8) is 0 Å². The van der Waals surface area contributed by atoms with Crippen molar-refractivity contribution in [2.45, 2.75) is 51.7 Å². The van der Waals surface area contributed by atoms with Gasteiger partial charge in [0.1, 0.15) is 5.75 Å². The molecule has 1 saturated carbocycles. The molecule has 1 amide bonds. The van der Waals surface area contributed by atoms with Gasteiger partial charge in [0.2, 0.25) is 5.91 Å². The predicted molar refractivity (Wildman–Crippen MR) is 106 cm³/mol. The molecule has 1 aromatic carbocycles. The summed E-state index contributed by atoms with van der Waals surface area (Å²) in [5.74, 6) is 1.70. The lowest BCUT2D eigenvalue weighted by atomic mass is 10.1. The van der Waals surface area contributed by atoms with Gasteiger partial charge in [-0.05, 0) is 42.9 Å². The van der Waals surface area contributed by atoms with E-state index in [1.807, 2.05) is 24.3 Å². The van der Waals surface area contributed by atoms with E-state index in [1.165, 1.54) is 24.1 Å². The number of carbonyl (C=O) groups is 1. The maximum absolute atomic E-state index is 12.2. The molecule has 1 aliphatic carbocycles. The Hall–Kier alpha value is -2.34. The van der Waals surface area contributed by atoms with Crippen LogP contribution in [0.1, 0.15) is 41.8 Å². The van der Waals surface area contributed by atoms with Gasteiger partial charge < -0.3 is 14.8 Å². The van der Waals surface area contributed by atoms with E-state index in [1.54, 1.807) is 7.11 Å². The van der Waals surface area contributed by atoms with Crippen LogP contribution in [0, 0.1) is 5.92 Å². The van der Waals surface area contributed by atoms with Gasteiger partial charge in [-0.15, -0.1) is 0 Å². The number of nitrogens with zero attached hydrogens (tertiary/aromatic N) is 2. The Kier molecular flexibility index (Phi) is 5.95. The van der Waals surface area contributed by atoms with Crippen LogP contribution in [0.3, 0.4) is 0 Å². The monoisotopic (exact) mass is 383 g/mol. The normalized spacial score (nSPS) is 15.9. The minimum atomic E-state index is 0.0744. The molecule has 6 heteroatoms. The second-order valence-electron chi connectivity index (χ2n) is 7.75. The summed E-state index contributed by atoms with van der Waals surface area (Å²) in [7, 11) is 1.65. The molecular weight excluding hydrogens is 354 g/mol. The lowest BCUT2D eigenvalue weighted by molar-refractivity contribution is -0.121. The van der Waals surface area contributed by atoms with E-state index in [9.17, 15) is 4.79 Å². The van der Waals surface area contributed by atoms with Crippen molar-refractivity contribution >= 4 is 5.91 Å².